The van der Waals surface area contributed by atoms with Crippen molar-refractivity contribution in [3.8, 4) is 16.6 Å². The molecule has 98 valence electrons. The number of aromatic nitrogens is 2. The van der Waals surface area contributed by atoms with Gasteiger partial charge in [-0.3, -0.25) is 0 Å². The van der Waals surface area contributed by atoms with E-state index >= 15 is 0 Å². The summed E-state index contributed by atoms with van der Waals surface area (Å²) in [5.41, 5.74) is 2.76. The van der Waals surface area contributed by atoms with Gasteiger partial charge in [-0.2, -0.15) is 5.26 Å². The van der Waals surface area contributed by atoms with Crippen LogP contribution < -0.4 is 0 Å². The first-order chi connectivity index (χ1) is 9.24. The van der Waals surface area contributed by atoms with Gasteiger partial charge in [0.1, 0.15) is 10.0 Å². The summed E-state index contributed by atoms with van der Waals surface area (Å²) in [6.07, 6.45) is 4.66. The van der Waals surface area contributed by atoms with Crippen molar-refractivity contribution < 1.29 is 0 Å². The molecule has 0 fully saturated rings. The van der Waals surface area contributed by atoms with Crippen molar-refractivity contribution in [3.63, 3.8) is 0 Å². The number of hydrogen-bond acceptors (Lipinski definition) is 4. The van der Waals surface area contributed by atoms with Crippen LogP contribution in [0, 0.1) is 18.3 Å². The van der Waals surface area contributed by atoms with Crippen molar-refractivity contribution in [2.45, 2.75) is 39.5 Å². The fourth-order valence-corrected chi connectivity index (χ4v) is 2.80. The molecule has 0 aliphatic rings. The molecule has 0 aliphatic carbocycles. The normalized spacial score (nSPS) is 10.4. The molecule has 1 aromatic carbocycles. The Labute approximate surface area is 117 Å². The van der Waals surface area contributed by atoms with Crippen LogP contribution in [0.4, 0.5) is 0 Å². The van der Waals surface area contributed by atoms with E-state index in [1.54, 1.807) is 11.3 Å². The zero-order valence-corrected chi connectivity index (χ0v) is 12.1. The molecular weight excluding hydrogens is 254 g/mol. The van der Waals surface area contributed by atoms with Crippen LogP contribution in [0.2, 0.25) is 0 Å². The maximum absolute atomic E-state index is 8.93. The molecule has 0 spiro atoms. The van der Waals surface area contributed by atoms with Gasteiger partial charge in [-0.15, -0.1) is 10.2 Å². The molecule has 0 amide bonds. The van der Waals surface area contributed by atoms with Crippen LogP contribution in [0.3, 0.4) is 0 Å². The molecule has 2 aromatic rings. The van der Waals surface area contributed by atoms with Crippen LogP contribution in [0.1, 0.15) is 42.3 Å². The van der Waals surface area contributed by atoms with Gasteiger partial charge in [0.2, 0.25) is 0 Å². The first-order valence-electron chi connectivity index (χ1n) is 6.58. The molecule has 0 saturated heterocycles. The van der Waals surface area contributed by atoms with Crippen molar-refractivity contribution in [3.05, 3.63) is 34.3 Å². The molecule has 1 heterocycles. The molecule has 19 heavy (non-hydrogen) atoms. The predicted molar refractivity (Wildman–Crippen MR) is 78.0 cm³/mol. The van der Waals surface area contributed by atoms with E-state index in [9.17, 15) is 0 Å². The number of nitrogens with zero attached hydrogens (tertiary/aromatic N) is 3. The van der Waals surface area contributed by atoms with Crippen LogP contribution in [0.25, 0.3) is 10.6 Å². The molecule has 0 unspecified atom stereocenters. The number of benzene rings is 1. The van der Waals surface area contributed by atoms with Crippen molar-refractivity contribution in [1.29, 1.82) is 5.26 Å². The highest BCUT2D eigenvalue weighted by Crippen LogP contribution is 2.26. The van der Waals surface area contributed by atoms with Crippen molar-refractivity contribution in [2.24, 2.45) is 0 Å². The number of aryl methyl sites for hydroxylation is 2. The predicted octanol–water partition coefficient (Wildman–Crippen LogP) is 4.12. The van der Waals surface area contributed by atoms with Crippen LogP contribution in [0.15, 0.2) is 18.2 Å². The number of nitriles is 1. The van der Waals surface area contributed by atoms with E-state index in [2.05, 4.69) is 23.2 Å². The second kappa shape index (κ2) is 6.44. The summed E-state index contributed by atoms with van der Waals surface area (Å²) >= 11 is 1.65. The lowest BCUT2D eigenvalue weighted by atomic mass is 10.1. The molecule has 0 radical (unpaired) electrons. The van der Waals surface area contributed by atoms with E-state index in [4.69, 9.17) is 5.26 Å². The summed E-state index contributed by atoms with van der Waals surface area (Å²) in [5.74, 6) is 0. The molecule has 3 nitrogen and oxygen atoms in total. The third-order valence-corrected chi connectivity index (χ3v) is 4.09. The minimum atomic E-state index is 0.719. The van der Waals surface area contributed by atoms with E-state index in [1.165, 1.54) is 19.3 Å². The van der Waals surface area contributed by atoms with Gasteiger partial charge in [-0.1, -0.05) is 37.2 Å². The quantitative estimate of drug-likeness (QED) is 0.769. The second-order valence-corrected chi connectivity index (χ2v) is 5.66. The summed E-state index contributed by atoms with van der Waals surface area (Å²) in [4.78, 5) is 0. The topological polar surface area (TPSA) is 49.6 Å². The monoisotopic (exact) mass is 271 g/mol. The van der Waals surface area contributed by atoms with Gasteiger partial charge in [0.15, 0.2) is 0 Å². The van der Waals surface area contributed by atoms with Gasteiger partial charge < -0.3 is 0 Å². The van der Waals surface area contributed by atoms with Crippen LogP contribution in [-0.2, 0) is 6.42 Å². The average molecular weight is 271 g/mol. The van der Waals surface area contributed by atoms with Crippen molar-refractivity contribution in [1.82, 2.24) is 10.2 Å². The Balaban J connectivity index is 2.14. The fourth-order valence-electron chi connectivity index (χ4n) is 1.92. The molecule has 0 atom stereocenters. The van der Waals surface area contributed by atoms with Gasteiger partial charge >= 0.3 is 0 Å². The Bertz CT molecular complexity index is 596. The Morgan fingerprint density at radius 1 is 1.26 bits per heavy atom. The first-order valence-corrected chi connectivity index (χ1v) is 7.39. The third kappa shape index (κ3) is 3.39. The lowest BCUT2D eigenvalue weighted by molar-refractivity contribution is 0.710. The maximum Gasteiger partial charge on any atom is 0.147 e. The Kier molecular flexibility index (Phi) is 4.64. The van der Waals surface area contributed by atoms with E-state index in [-0.39, 0.29) is 0 Å². The van der Waals surface area contributed by atoms with E-state index in [0.29, 0.717) is 0 Å². The molecule has 0 N–H and O–H groups in total. The molecular formula is C15H17N3S. The highest BCUT2D eigenvalue weighted by molar-refractivity contribution is 7.14. The highest BCUT2D eigenvalue weighted by atomic mass is 32.1. The van der Waals surface area contributed by atoms with Gasteiger partial charge in [0.25, 0.3) is 0 Å². The Morgan fingerprint density at radius 2 is 2.11 bits per heavy atom. The number of rotatable bonds is 5. The fraction of sp³-hybridized carbons (Fsp3) is 0.400. The van der Waals surface area contributed by atoms with Crippen molar-refractivity contribution in [2.75, 3.05) is 0 Å². The zero-order chi connectivity index (χ0) is 13.7. The Morgan fingerprint density at radius 3 is 2.79 bits per heavy atom. The summed E-state index contributed by atoms with van der Waals surface area (Å²) in [6.45, 7) is 4.15. The lowest BCUT2D eigenvalue weighted by Gasteiger charge is -1.99. The van der Waals surface area contributed by atoms with Crippen molar-refractivity contribution >= 4 is 11.3 Å². The molecule has 4 heteroatoms. The second-order valence-electron chi connectivity index (χ2n) is 4.60. The van der Waals surface area contributed by atoms with Gasteiger partial charge in [-0.05, 0) is 31.0 Å². The number of hydrogen-bond donors (Lipinski definition) is 0. The summed E-state index contributed by atoms with van der Waals surface area (Å²) < 4.78 is 0. The average Bonchev–Trinajstić information content (AvgIpc) is 2.88. The molecule has 0 aliphatic heterocycles. The summed E-state index contributed by atoms with van der Waals surface area (Å²) in [6, 6.07) is 7.99. The van der Waals surface area contributed by atoms with Crippen LogP contribution >= 0.6 is 11.3 Å². The number of unbranched alkanes of at least 4 members (excludes halogenated alkanes) is 2. The van der Waals surface area contributed by atoms with Crippen LogP contribution in [-0.4, -0.2) is 10.2 Å². The molecule has 2 rings (SSSR count). The molecule has 0 saturated carbocycles. The Hall–Kier alpha value is -1.73. The highest BCUT2D eigenvalue weighted by Gasteiger charge is 2.08. The minimum absolute atomic E-state index is 0.719. The zero-order valence-electron chi connectivity index (χ0n) is 11.3. The standard InChI is InChI=1S/C15H17N3S/c1-3-4-5-6-14-17-18-15(19-14)12-7-8-13(10-16)11(2)9-12/h7-9H,3-6H2,1-2H3. The van der Waals surface area contributed by atoms with E-state index in [1.807, 2.05) is 25.1 Å². The maximum atomic E-state index is 8.93. The third-order valence-electron chi connectivity index (χ3n) is 3.05. The van der Waals surface area contributed by atoms with E-state index in [0.717, 1.165) is 33.1 Å². The minimum Gasteiger partial charge on any atom is -0.192 e. The van der Waals surface area contributed by atoms with Gasteiger partial charge in [-0.25, -0.2) is 0 Å². The molecule has 1 aromatic heterocycles. The first kappa shape index (κ1) is 13.7. The lowest BCUT2D eigenvalue weighted by Crippen LogP contribution is -1.84. The van der Waals surface area contributed by atoms with E-state index < -0.39 is 0 Å². The van der Waals surface area contributed by atoms with Crippen LogP contribution in [0.5, 0.6) is 0 Å². The summed E-state index contributed by atoms with van der Waals surface area (Å²) in [7, 11) is 0. The smallest absolute Gasteiger partial charge is 0.147 e. The SMILES string of the molecule is CCCCCc1nnc(-c2ccc(C#N)c(C)c2)s1. The van der Waals surface area contributed by atoms with Gasteiger partial charge in [0.05, 0.1) is 11.6 Å². The largest absolute Gasteiger partial charge is 0.192 e. The molecule has 0 bridgehead atoms. The summed E-state index contributed by atoms with van der Waals surface area (Å²) in [5, 5.41) is 19.5. The van der Waals surface area contributed by atoms with Gasteiger partial charge in [0, 0.05) is 12.0 Å².